The Bertz CT molecular complexity index is 1550. The van der Waals surface area contributed by atoms with Gasteiger partial charge in [0.05, 0.1) is 36.6 Å². The van der Waals surface area contributed by atoms with Crippen LogP contribution in [-0.2, 0) is 50.5 Å². The van der Waals surface area contributed by atoms with Gasteiger partial charge in [0.1, 0.15) is 50.4 Å². The van der Waals surface area contributed by atoms with E-state index in [0.717, 1.165) is 0 Å². The SMILES string of the molecule is CC1(C)OC(C)(COP(=O)(O)OC2(C)C(C)(C)OC(C)(COP(=O)(O)OC3(C)C(C)(C)OC(C)(COP(=O)(O)O)C3(C)O)C2(C)O)C(C)(O)C1(C)O. The van der Waals surface area contributed by atoms with Crippen molar-refractivity contribution in [2.45, 2.75) is 171 Å². The molecule has 3 aliphatic rings. The van der Waals surface area contributed by atoms with Crippen molar-refractivity contribution in [3.8, 4) is 0 Å². The van der Waals surface area contributed by atoms with E-state index in [9.17, 15) is 53.7 Å². The van der Waals surface area contributed by atoms with Gasteiger partial charge in [0.2, 0.25) is 0 Å². The van der Waals surface area contributed by atoms with Crippen LogP contribution in [0.3, 0.4) is 0 Å². The molecule has 3 heterocycles. The topological polar surface area (TPSA) is 287 Å². The Labute approximate surface area is 304 Å². The largest absolute Gasteiger partial charge is 0.473 e. The van der Waals surface area contributed by atoms with Gasteiger partial charge in [0.25, 0.3) is 0 Å². The summed E-state index contributed by atoms with van der Waals surface area (Å²) in [5.74, 6) is 0. The molecule has 11 atom stereocenters. The molecule has 0 spiro atoms. The summed E-state index contributed by atoms with van der Waals surface area (Å²) in [7, 11) is -15.5. The van der Waals surface area contributed by atoms with Crippen LogP contribution in [0, 0.1) is 0 Å². The van der Waals surface area contributed by atoms with Crippen LogP contribution in [0.2, 0.25) is 0 Å². The van der Waals surface area contributed by atoms with Gasteiger partial charge in [-0.05, 0) is 104 Å². The highest BCUT2D eigenvalue weighted by Gasteiger charge is 2.76. The highest BCUT2D eigenvalue weighted by Crippen LogP contribution is 2.65. The molecule has 0 bridgehead atoms. The maximum Gasteiger partial charge on any atom is 0.473 e. The van der Waals surface area contributed by atoms with Gasteiger partial charge >= 0.3 is 23.5 Å². The molecule has 11 unspecified atom stereocenters. The molecule has 0 aromatic rings. The second-order valence-corrected chi connectivity index (χ2v) is 21.3. The first-order valence-electron chi connectivity index (χ1n) is 16.5. The summed E-state index contributed by atoms with van der Waals surface area (Å²) in [6.07, 6.45) is 0. The lowest BCUT2D eigenvalue weighted by Gasteiger charge is -2.46. The van der Waals surface area contributed by atoms with Gasteiger partial charge in [0.15, 0.2) is 0 Å². The van der Waals surface area contributed by atoms with Gasteiger partial charge in [-0.25, -0.2) is 13.7 Å². The number of phosphoric ester groups is 3. The number of hydrogen-bond acceptors (Lipinski definition) is 15. The summed E-state index contributed by atoms with van der Waals surface area (Å²) in [4.78, 5) is 40.4. The fourth-order valence-corrected chi connectivity index (χ4v) is 10.7. The van der Waals surface area contributed by atoms with Gasteiger partial charge in [-0.15, -0.1) is 0 Å². The molecule has 0 aliphatic carbocycles. The normalized spacial score (nSPS) is 48.1. The predicted molar refractivity (Wildman–Crippen MR) is 182 cm³/mol. The Hall–Kier alpha value is 0.0500. The van der Waals surface area contributed by atoms with Crippen molar-refractivity contribution < 1.29 is 90.5 Å². The molecule has 0 saturated carbocycles. The molecule has 3 fully saturated rings. The lowest BCUT2D eigenvalue weighted by atomic mass is 9.71. The first-order valence-corrected chi connectivity index (χ1v) is 21.0. The van der Waals surface area contributed by atoms with Crippen molar-refractivity contribution in [3.05, 3.63) is 0 Å². The maximum atomic E-state index is 13.6. The quantitative estimate of drug-likeness (QED) is 0.124. The highest BCUT2D eigenvalue weighted by molar-refractivity contribution is 7.47. The fraction of sp³-hybridized carbons (Fsp3) is 1.00. The van der Waals surface area contributed by atoms with Crippen LogP contribution >= 0.6 is 23.5 Å². The van der Waals surface area contributed by atoms with Crippen LogP contribution in [0.1, 0.15) is 104 Å². The molecule has 0 radical (unpaired) electrons. The van der Waals surface area contributed by atoms with Gasteiger partial charge in [-0.1, -0.05) is 0 Å². The first kappa shape index (κ1) is 46.4. The van der Waals surface area contributed by atoms with Gasteiger partial charge in [-0.3, -0.25) is 22.6 Å². The Morgan fingerprint density at radius 3 is 0.962 bits per heavy atom. The lowest BCUT2D eigenvalue weighted by Crippen LogP contribution is -2.64. The second kappa shape index (κ2) is 12.5. The predicted octanol–water partition coefficient (Wildman–Crippen LogP) is 2.59. The third kappa shape index (κ3) is 6.91. The van der Waals surface area contributed by atoms with E-state index in [2.05, 4.69) is 4.52 Å². The Morgan fingerprint density at radius 2 is 0.692 bits per heavy atom. The van der Waals surface area contributed by atoms with Crippen molar-refractivity contribution >= 4 is 23.5 Å². The lowest BCUT2D eigenvalue weighted by molar-refractivity contribution is -0.172. The van der Waals surface area contributed by atoms with E-state index in [-0.39, 0.29) is 0 Å². The molecule has 3 rings (SSSR count). The molecule has 22 heteroatoms. The number of rotatable bonds is 13. The zero-order valence-electron chi connectivity index (χ0n) is 32.5. The van der Waals surface area contributed by atoms with Crippen LogP contribution in [0.4, 0.5) is 0 Å². The van der Waals surface area contributed by atoms with E-state index < -0.39 is 111 Å². The van der Waals surface area contributed by atoms with Crippen molar-refractivity contribution in [1.29, 1.82) is 0 Å². The molecule has 0 amide bonds. The standard InChI is InChI=1S/C30H59O19P3/c1-19(2)25(10,31)26(11,32)22(7,45-19)17-43-51(38,39)49-30(15)21(5,6)47-24(9,28(30,13)34)18-44-52(40,41)48-29(14)20(3,4)46-23(8,27(29,12)33)16-42-50(35,36)37/h31-34H,16-18H2,1-15H3,(H,38,39)(H,40,41)(H2,35,36,37). The minimum absolute atomic E-state index is 0.745. The third-order valence-corrected chi connectivity index (χ3v) is 15.5. The Balaban J connectivity index is 1.85. The average Bonchev–Trinajstić information content (AvgIpc) is 3.13. The van der Waals surface area contributed by atoms with Crippen LogP contribution in [0.15, 0.2) is 0 Å². The van der Waals surface area contributed by atoms with Crippen molar-refractivity contribution in [2.75, 3.05) is 19.8 Å². The van der Waals surface area contributed by atoms with Crippen LogP contribution in [-0.4, -0.2) is 127 Å². The molecule has 0 aromatic heterocycles. The molecular weight excluding hydrogens is 757 g/mol. The molecule has 19 nitrogen and oxygen atoms in total. The minimum Gasteiger partial charge on any atom is -0.384 e. The summed E-state index contributed by atoms with van der Waals surface area (Å²) in [5, 5.41) is 46.0. The van der Waals surface area contributed by atoms with E-state index in [1.165, 1.54) is 104 Å². The van der Waals surface area contributed by atoms with Crippen molar-refractivity contribution in [2.24, 2.45) is 0 Å². The van der Waals surface area contributed by atoms with Crippen LogP contribution in [0.5, 0.6) is 0 Å². The smallest absolute Gasteiger partial charge is 0.384 e. The highest BCUT2D eigenvalue weighted by atomic mass is 31.2. The molecular formula is C30H59O19P3. The van der Waals surface area contributed by atoms with Gasteiger partial charge in [0, 0.05) is 0 Å². The zero-order valence-corrected chi connectivity index (χ0v) is 35.2. The Morgan fingerprint density at radius 1 is 0.423 bits per heavy atom. The summed E-state index contributed by atoms with van der Waals surface area (Å²) in [5.41, 5.74) is -22.7. The van der Waals surface area contributed by atoms with Crippen molar-refractivity contribution in [3.63, 3.8) is 0 Å². The molecule has 52 heavy (non-hydrogen) atoms. The number of phosphoric acid groups is 3. The van der Waals surface area contributed by atoms with E-state index in [4.69, 9.17) is 32.3 Å². The first-order chi connectivity index (χ1) is 22.4. The van der Waals surface area contributed by atoms with E-state index in [1.54, 1.807) is 0 Å². The second-order valence-electron chi connectivity index (χ2n) is 17.3. The molecule has 3 saturated heterocycles. The molecule has 8 N–H and O–H groups in total. The summed E-state index contributed by atoms with van der Waals surface area (Å²) >= 11 is 0. The average molecular weight is 817 g/mol. The number of hydrogen-bond donors (Lipinski definition) is 8. The Kier molecular flexibility index (Phi) is 11.2. The van der Waals surface area contributed by atoms with Crippen LogP contribution in [0.25, 0.3) is 0 Å². The number of aliphatic hydroxyl groups is 4. The zero-order chi connectivity index (χ0) is 41.3. The van der Waals surface area contributed by atoms with Crippen LogP contribution < -0.4 is 0 Å². The van der Waals surface area contributed by atoms with E-state index in [1.807, 2.05) is 0 Å². The van der Waals surface area contributed by atoms with Gasteiger partial charge in [-0.2, -0.15) is 0 Å². The van der Waals surface area contributed by atoms with E-state index in [0.29, 0.717) is 0 Å². The molecule has 3 aliphatic heterocycles. The molecule has 0 aromatic carbocycles. The minimum atomic E-state index is -5.27. The monoisotopic (exact) mass is 816 g/mol. The van der Waals surface area contributed by atoms with Crippen molar-refractivity contribution in [1.82, 2.24) is 0 Å². The molecule has 308 valence electrons. The van der Waals surface area contributed by atoms with Gasteiger partial charge < -0.3 is 54.2 Å². The fourth-order valence-electron chi connectivity index (χ4n) is 7.60. The van der Waals surface area contributed by atoms with E-state index >= 15 is 0 Å². The summed E-state index contributed by atoms with van der Waals surface area (Å²) in [6, 6.07) is 0. The summed E-state index contributed by atoms with van der Waals surface area (Å²) in [6.45, 7) is 17.7. The summed E-state index contributed by atoms with van der Waals surface area (Å²) < 4.78 is 83.0. The third-order valence-electron chi connectivity index (χ3n) is 12.9. The number of ether oxygens (including phenoxy) is 3. The maximum absolute atomic E-state index is 13.6.